The Hall–Kier alpha value is -3.33. The summed E-state index contributed by atoms with van der Waals surface area (Å²) in [5.41, 5.74) is 6.79. The second kappa shape index (κ2) is 8.78. The summed E-state index contributed by atoms with van der Waals surface area (Å²) in [7, 11) is 0. The molecular formula is C19H19ClN4O5. The zero-order chi connectivity index (χ0) is 21.0. The molecule has 29 heavy (non-hydrogen) atoms. The highest BCUT2D eigenvalue weighted by molar-refractivity contribution is 6.30. The average Bonchev–Trinajstić information content (AvgIpc) is 2.72. The summed E-state index contributed by atoms with van der Waals surface area (Å²) >= 11 is 5.85. The Morgan fingerprint density at radius 1 is 1.10 bits per heavy atom. The first-order chi connectivity index (χ1) is 13.8. The average molecular weight is 419 g/mol. The minimum absolute atomic E-state index is 0.0743. The minimum atomic E-state index is -0.603. The van der Waals surface area contributed by atoms with E-state index in [0.29, 0.717) is 43.1 Å². The number of benzene rings is 2. The van der Waals surface area contributed by atoms with Crippen LogP contribution >= 0.6 is 11.6 Å². The number of nitro benzene ring substituents is 1. The molecule has 0 atom stereocenters. The van der Waals surface area contributed by atoms with Crippen molar-refractivity contribution in [3.8, 4) is 0 Å². The van der Waals surface area contributed by atoms with Gasteiger partial charge in [-0.2, -0.15) is 0 Å². The van der Waals surface area contributed by atoms with Crippen molar-refractivity contribution < 1.29 is 19.2 Å². The van der Waals surface area contributed by atoms with Crippen molar-refractivity contribution in [3.63, 3.8) is 0 Å². The number of nitrogen functional groups attached to an aromatic ring is 1. The van der Waals surface area contributed by atoms with Crippen LogP contribution in [0.15, 0.2) is 42.5 Å². The molecule has 0 radical (unpaired) electrons. The smallest absolute Gasteiger partial charge is 0.338 e. The molecular weight excluding hydrogens is 400 g/mol. The van der Waals surface area contributed by atoms with E-state index >= 15 is 0 Å². The maximum atomic E-state index is 12.3. The topological polar surface area (TPSA) is 119 Å². The van der Waals surface area contributed by atoms with Gasteiger partial charge in [0.05, 0.1) is 10.5 Å². The van der Waals surface area contributed by atoms with Crippen LogP contribution in [-0.4, -0.2) is 54.5 Å². The highest BCUT2D eigenvalue weighted by Gasteiger charge is 2.26. The van der Waals surface area contributed by atoms with Crippen LogP contribution in [0.3, 0.4) is 0 Å². The zero-order valence-corrected chi connectivity index (χ0v) is 16.2. The summed E-state index contributed by atoms with van der Waals surface area (Å²) in [6.45, 7) is 1.18. The summed E-state index contributed by atoms with van der Waals surface area (Å²) in [5, 5.41) is 11.6. The van der Waals surface area contributed by atoms with E-state index in [1.165, 1.54) is 18.2 Å². The van der Waals surface area contributed by atoms with Crippen molar-refractivity contribution in [2.75, 3.05) is 43.4 Å². The largest absolute Gasteiger partial charge is 0.452 e. The van der Waals surface area contributed by atoms with Crippen LogP contribution in [-0.2, 0) is 9.53 Å². The molecule has 0 unspecified atom stereocenters. The number of piperazine rings is 1. The van der Waals surface area contributed by atoms with E-state index in [4.69, 9.17) is 22.1 Å². The van der Waals surface area contributed by atoms with Gasteiger partial charge in [-0.1, -0.05) is 11.6 Å². The lowest BCUT2D eigenvalue weighted by atomic mass is 10.2. The predicted molar refractivity (Wildman–Crippen MR) is 108 cm³/mol. The fourth-order valence-corrected chi connectivity index (χ4v) is 3.19. The summed E-state index contributed by atoms with van der Waals surface area (Å²) in [5.74, 6) is -0.923. The Bertz CT molecular complexity index is 927. The van der Waals surface area contributed by atoms with Crippen molar-refractivity contribution in [2.45, 2.75) is 0 Å². The summed E-state index contributed by atoms with van der Waals surface area (Å²) < 4.78 is 5.07. The minimum Gasteiger partial charge on any atom is -0.452 e. The van der Waals surface area contributed by atoms with E-state index < -0.39 is 10.9 Å². The number of nitrogens with two attached hydrogens (primary N) is 1. The monoisotopic (exact) mass is 418 g/mol. The SMILES string of the molecule is Nc1ccc(C(=O)OCC(=O)N2CCN(c3ccc(Cl)cc3[N+](=O)[O-])CC2)cc1. The second-order valence-corrected chi connectivity index (χ2v) is 6.89. The molecule has 1 saturated heterocycles. The standard InChI is InChI=1S/C19H19ClN4O5/c20-14-3-6-16(17(11-14)24(27)28)22-7-9-23(10-8-22)18(25)12-29-19(26)13-1-4-15(21)5-2-13/h1-6,11H,7-10,12,21H2. The fourth-order valence-electron chi connectivity index (χ4n) is 3.03. The van der Waals surface area contributed by atoms with Gasteiger partial charge in [0, 0.05) is 43.0 Å². The van der Waals surface area contributed by atoms with Crippen LogP contribution in [0.4, 0.5) is 17.1 Å². The molecule has 1 heterocycles. The van der Waals surface area contributed by atoms with Gasteiger partial charge in [-0.25, -0.2) is 4.79 Å². The van der Waals surface area contributed by atoms with Crippen LogP contribution in [0.2, 0.25) is 5.02 Å². The zero-order valence-electron chi connectivity index (χ0n) is 15.4. The third kappa shape index (κ3) is 4.94. The molecule has 0 saturated carbocycles. The highest BCUT2D eigenvalue weighted by Crippen LogP contribution is 2.31. The Labute approximate surface area is 171 Å². The number of hydrogen-bond acceptors (Lipinski definition) is 7. The highest BCUT2D eigenvalue weighted by atomic mass is 35.5. The molecule has 1 aliphatic heterocycles. The molecule has 0 aliphatic carbocycles. The van der Waals surface area contributed by atoms with Gasteiger partial charge < -0.3 is 20.3 Å². The first-order valence-corrected chi connectivity index (χ1v) is 9.22. The quantitative estimate of drug-likeness (QED) is 0.342. The van der Waals surface area contributed by atoms with E-state index in [2.05, 4.69) is 0 Å². The van der Waals surface area contributed by atoms with E-state index in [1.54, 1.807) is 29.2 Å². The van der Waals surface area contributed by atoms with Gasteiger partial charge in [-0.05, 0) is 36.4 Å². The van der Waals surface area contributed by atoms with E-state index in [0.717, 1.165) is 0 Å². The summed E-state index contributed by atoms with van der Waals surface area (Å²) in [6.07, 6.45) is 0. The van der Waals surface area contributed by atoms with Gasteiger partial charge in [0.15, 0.2) is 6.61 Å². The third-order valence-corrected chi connectivity index (χ3v) is 4.82. The number of ether oxygens (including phenoxy) is 1. The molecule has 9 nitrogen and oxygen atoms in total. The normalized spacial score (nSPS) is 13.8. The van der Waals surface area contributed by atoms with E-state index in [-0.39, 0.29) is 23.2 Å². The summed E-state index contributed by atoms with van der Waals surface area (Å²) in [4.78, 5) is 38.5. The molecule has 1 fully saturated rings. The third-order valence-electron chi connectivity index (χ3n) is 4.58. The molecule has 0 spiro atoms. The van der Waals surface area contributed by atoms with Crippen molar-refractivity contribution in [1.29, 1.82) is 0 Å². The fraction of sp³-hybridized carbons (Fsp3) is 0.263. The van der Waals surface area contributed by atoms with Gasteiger partial charge in [0.2, 0.25) is 0 Å². The first-order valence-electron chi connectivity index (χ1n) is 8.84. The second-order valence-electron chi connectivity index (χ2n) is 6.46. The van der Waals surface area contributed by atoms with Crippen LogP contribution in [0.1, 0.15) is 10.4 Å². The number of carbonyl (C=O) groups is 2. The maximum Gasteiger partial charge on any atom is 0.338 e. The van der Waals surface area contributed by atoms with Gasteiger partial charge in [0.25, 0.3) is 11.6 Å². The van der Waals surface area contributed by atoms with E-state index in [1.807, 2.05) is 4.90 Å². The lowest BCUT2D eigenvalue weighted by Gasteiger charge is -2.35. The molecule has 2 aromatic rings. The number of nitrogens with zero attached hydrogens (tertiary/aromatic N) is 3. The Balaban J connectivity index is 1.54. The first kappa shape index (κ1) is 20.4. The van der Waals surface area contributed by atoms with E-state index in [9.17, 15) is 19.7 Å². The van der Waals surface area contributed by atoms with Gasteiger partial charge >= 0.3 is 5.97 Å². The lowest BCUT2D eigenvalue weighted by Crippen LogP contribution is -2.50. The molecule has 1 amide bonds. The molecule has 10 heteroatoms. The number of esters is 1. The Kier molecular flexibility index (Phi) is 6.18. The number of hydrogen-bond donors (Lipinski definition) is 1. The van der Waals surface area contributed by atoms with Crippen LogP contribution in [0.5, 0.6) is 0 Å². The molecule has 1 aliphatic rings. The molecule has 2 N–H and O–H groups in total. The Morgan fingerprint density at radius 2 is 1.76 bits per heavy atom. The maximum absolute atomic E-state index is 12.3. The molecule has 0 bridgehead atoms. The van der Waals surface area contributed by atoms with Crippen molar-refractivity contribution in [2.24, 2.45) is 0 Å². The summed E-state index contributed by atoms with van der Waals surface area (Å²) in [6, 6.07) is 10.7. The number of amides is 1. The number of halogens is 1. The lowest BCUT2D eigenvalue weighted by molar-refractivity contribution is -0.384. The van der Waals surface area contributed by atoms with Gasteiger partial charge in [-0.3, -0.25) is 14.9 Å². The van der Waals surface area contributed by atoms with Crippen molar-refractivity contribution >= 4 is 40.5 Å². The predicted octanol–water partition coefficient (Wildman–Crippen LogP) is 2.34. The molecule has 3 rings (SSSR count). The van der Waals surface area contributed by atoms with Crippen LogP contribution in [0.25, 0.3) is 0 Å². The van der Waals surface area contributed by atoms with Crippen LogP contribution in [0, 0.1) is 10.1 Å². The molecule has 2 aromatic carbocycles. The van der Waals surface area contributed by atoms with Crippen molar-refractivity contribution in [3.05, 3.63) is 63.2 Å². The van der Waals surface area contributed by atoms with Gasteiger partial charge in [-0.15, -0.1) is 0 Å². The molecule has 152 valence electrons. The number of rotatable bonds is 5. The number of carbonyl (C=O) groups excluding carboxylic acids is 2. The number of nitro groups is 1. The molecule has 0 aromatic heterocycles. The van der Waals surface area contributed by atoms with Gasteiger partial charge in [0.1, 0.15) is 5.69 Å². The Morgan fingerprint density at radius 3 is 2.38 bits per heavy atom. The number of anilines is 2. The van der Waals surface area contributed by atoms with Crippen molar-refractivity contribution in [1.82, 2.24) is 4.90 Å². The van der Waals surface area contributed by atoms with Crippen LogP contribution < -0.4 is 10.6 Å².